The Balaban J connectivity index is 1.75. The fraction of sp³-hybridized carbons (Fsp3) is 0.389. The highest BCUT2D eigenvalue weighted by Gasteiger charge is 2.26. The minimum absolute atomic E-state index is 0.0511. The Morgan fingerprint density at radius 3 is 2.60 bits per heavy atom. The van der Waals surface area contributed by atoms with E-state index < -0.39 is 5.91 Å². The monoisotopic (exact) mass is 361 g/mol. The molecule has 0 aromatic heterocycles. The van der Waals surface area contributed by atoms with Crippen molar-refractivity contribution >= 4 is 35.0 Å². The summed E-state index contributed by atoms with van der Waals surface area (Å²) >= 11 is 0.851. The second-order valence-corrected chi connectivity index (χ2v) is 7.03. The van der Waals surface area contributed by atoms with E-state index in [0.717, 1.165) is 37.4 Å². The van der Waals surface area contributed by atoms with Crippen LogP contribution in [0.2, 0.25) is 0 Å². The number of carbonyl (C=O) groups is 3. The lowest BCUT2D eigenvalue weighted by molar-refractivity contribution is -0.140. The van der Waals surface area contributed by atoms with Crippen LogP contribution in [-0.4, -0.2) is 24.2 Å². The van der Waals surface area contributed by atoms with E-state index in [1.807, 2.05) is 0 Å². The number of methoxy groups -OCH3 is 1. The van der Waals surface area contributed by atoms with Gasteiger partial charge in [-0.05, 0) is 48.4 Å². The predicted octanol–water partition coefficient (Wildman–Crippen LogP) is 3.50. The van der Waals surface area contributed by atoms with E-state index in [0.29, 0.717) is 22.0 Å². The number of hydrogen-bond donors (Lipinski definition) is 1. The van der Waals surface area contributed by atoms with Crippen molar-refractivity contribution in [3.63, 3.8) is 0 Å². The molecule has 1 saturated carbocycles. The number of amides is 2. The lowest BCUT2D eigenvalue weighted by atomic mass is 9.89. The van der Waals surface area contributed by atoms with Gasteiger partial charge in [-0.15, -0.1) is 0 Å². The summed E-state index contributed by atoms with van der Waals surface area (Å²) < 4.78 is 10.8. The second kappa shape index (κ2) is 7.74. The molecule has 0 unspecified atom stereocenters. The highest BCUT2D eigenvalue weighted by Crippen LogP contribution is 2.33. The molecule has 3 rings (SSSR count). The first kappa shape index (κ1) is 17.5. The van der Waals surface area contributed by atoms with E-state index in [-0.39, 0.29) is 17.1 Å². The van der Waals surface area contributed by atoms with Gasteiger partial charge in [0, 0.05) is 0 Å². The first-order valence-electron chi connectivity index (χ1n) is 8.21. The van der Waals surface area contributed by atoms with E-state index >= 15 is 0 Å². The minimum atomic E-state index is -0.415. The second-order valence-electron chi connectivity index (χ2n) is 6.02. The molecule has 2 aliphatic rings. The normalized spacial score (nSPS) is 19.8. The molecule has 0 atom stereocenters. The summed E-state index contributed by atoms with van der Waals surface area (Å²) in [6.45, 7) is 0. The van der Waals surface area contributed by atoms with Crippen LogP contribution in [0, 0.1) is 5.92 Å². The maximum atomic E-state index is 12.3. The third-order valence-electron chi connectivity index (χ3n) is 4.28. The van der Waals surface area contributed by atoms with Gasteiger partial charge in [-0.25, -0.2) is 0 Å². The quantitative estimate of drug-likeness (QED) is 0.502. The van der Waals surface area contributed by atoms with E-state index in [1.165, 1.54) is 13.5 Å². The molecule has 2 amide bonds. The molecule has 7 heteroatoms. The van der Waals surface area contributed by atoms with Gasteiger partial charge in [0.1, 0.15) is 0 Å². The number of imide groups is 1. The van der Waals surface area contributed by atoms with Crippen LogP contribution < -0.4 is 14.8 Å². The summed E-state index contributed by atoms with van der Waals surface area (Å²) in [5, 5.41) is 1.82. The van der Waals surface area contributed by atoms with Crippen molar-refractivity contribution in [3.8, 4) is 11.5 Å². The fourth-order valence-electron chi connectivity index (χ4n) is 2.96. The van der Waals surface area contributed by atoms with Gasteiger partial charge < -0.3 is 9.47 Å². The zero-order valence-electron chi connectivity index (χ0n) is 13.9. The van der Waals surface area contributed by atoms with Gasteiger partial charge in [0.15, 0.2) is 11.5 Å². The molecule has 132 valence electrons. The molecule has 1 aromatic carbocycles. The molecule has 1 heterocycles. The van der Waals surface area contributed by atoms with Crippen molar-refractivity contribution in [1.29, 1.82) is 0 Å². The number of rotatable bonds is 4. The van der Waals surface area contributed by atoms with Crippen LogP contribution in [0.3, 0.4) is 0 Å². The summed E-state index contributed by atoms with van der Waals surface area (Å²) in [5.74, 6) is 0.0834. The summed E-state index contributed by atoms with van der Waals surface area (Å²) in [6.07, 6.45) is 6.62. The SMILES string of the molecule is COc1cc(/C=C2\SC(=O)NC2=O)ccc1OC(=O)C1CCCCC1. The highest BCUT2D eigenvalue weighted by atomic mass is 32.2. The average molecular weight is 361 g/mol. The Labute approximate surface area is 149 Å². The van der Waals surface area contributed by atoms with Crippen molar-refractivity contribution < 1.29 is 23.9 Å². The van der Waals surface area contributed by atoms with E-state index in [2.05, 4.69) is 5.32 Å². The summed E-state index contributed by atoms with van der Waals surface area (Å²) in [6, 6.07) is 5.04. The number of hydrogen-bond acceptors (Lipinski definition) is 6. The smallest absolute Gasteiger partial charge is 0.314 e. The van der Waals surface area contributed by atoms with Gasteiger partial charge >= 0.3 is 5.97 Å². The Kier molecular flexibility index (Phi) is 5.43. The van der Waals surface area contributed by atoms with Crippen molar-refractivity contribution in [1.82, 2.24) is 5.32 Å². The third kappa shape index (κ3) is 4.22. The lowest BCUT2D eigenvalue weighted by Crippen LogP contribution is -2.22. The van der Waals surface area contributed by atoms with Crippen molar-refractivity contribution in [2.45, 2.75) is 32.1 Å². The molecule has 25 heavy (non-hydrogen) atoms. The first-order valence-corrected chi connectivity index (χ1v) is 9.03. The van der Waals surface area contributed by atoms with E-state index in [9.17, 15) is 14.4 Å². The molecule has 1 aliphatic heterocycles. The Hall–Kier alpha value is -2.28. The number of ether oxygens (including phenoxy) is 2. The zero-order chi connectivity index (χ0) is 17.8. The standard InChI is InChI=1S/C18H19NO5S/c1-23-14-9-11(10-15-16(20)19-18(22)25-15)7-8-13(14)24-17(21)12-5-3-2-4-6-12/h7-10,12H,2-6H2,1H3,(H,19,20,22)/b15-10-. The van der Waals surface area contributed by atoms with Crippen LogP contribution in [0.5, 0.6) is 11.5 Å². The third-order valence-corrected chi connectivity index (χ3v) is 5.09. The zero-order valence-corrected chi connectivity index (χ0v) is 14.7. The van der Waals surface area contributed by atoms with E-state index in [1.54, 1.807) is 24.3 Å². The molecule has 0 radical (unpaired) electrons. The Bertz CT molecular complexity index is 737. The molecule has 1 aliphatic carbocycles. The molecule has 1 N–H and O–H groups in total. The first-order chi connectivity index (χ1) is 12.1. The highest BCUT2D eigenvalue weighted by molar-refractivity contribution is 8.18. The summed E-state index contributed by atoms with van der Waals surface area (Å²) in [7, 11) is 1.49. The Morgan fingerprint density at radius 1 is 1.20 bits per heavy atom. The topological polar surface area (TPSA) is 81.7 Å². The van der Waals surface area contributed by atoms with Gasteiger partial charge in [-0.1, -0.05) is 25.3 Å². The largest absolute Gasteiger partial charge is 0.493 e. The van der Waals surface area contributed by atoms with Crippen LogP contribution in [0.15, 0.2) is 23.1 Å². The minimum Gasteiger partial charge on any atom is -0.493 e. The fourth-order valence-corrected chi connectivity index (χ4v) is 3.64. The molecular weight excluding hydrogens is 342 g/mol. The van der Waals surface area contributed by atoms with Crippen LogP contribution in [0.4, 0.5) is 4.79 Å². The molecule has 2 fully saturated rings. The molecule has 0 bridgehead atoms. The Morgan fingerprint density at radius 2 is 1.96 bits per heavy atom. The number of carbonyl (C=O) groups excluding carboxylic acids is 3. The summed E-state index contributed by atoms with van der Waals surface area (Å²) in [4.78, 5) is 35.4. The molecule has 1 saturated heterocycles. The van der Waals surface area contributed by atoms with E-state index in [4.69, 9.17) is 9.47 Å². The predicted molar refractivity (Wildman–Crippen MR) is 94.3 cm³/mol. The van der Waals surface area contributed by atoms with Crippen LogP contribution in [0.1, 0.15) is 37.7 Å². The van der Waals surface area contributed by atoms with Crippen molar-refractivity contribution in [2.75, 3.05) is 7.11 Å². The lowest BCUT2D eigenvalue weighted by Gasteiger charge is -2.20. The van der Waals surface area contributed by atoms with Crippen LogP contribution in [0.25, 0.3) is 6.08 Å². The summed E-state index contributed by atoms with van der Waals surface area (Å²) in [5.41, 5.74) is 0.682. The van der Waals surface area contributed by atoms with Gasteiger partial charge in [-0.3, -0.25) is 19.7 Å². The van der Waals surface area contributed by atoms with Crippen LogP contribution >= 0.6 is 11.8 Å². The van der Waals surface area contributed by atoms with Gasteiger partial charge in [0.2, 0.25) is 0 Å². The van der Waals surface area contributed by atoms with Gasteiger partial charge in [0.05, 0.1) is 17.9 Å². The maximum absolute atomic E-state index is 12.3. The number of nitrogens with one attached hydrogen (secondary N) is 1. The molecular formula is C18H19NO5S. The van der Waals surface area contributed by atoms with Crippen molar-refractivity contribution in [3.05, 3.63) is 28.7 Å². The number of thioether (sulfide) groups is 1. The van der Waals surface area contributed by atoms with Gasteiger partial charge in [-0.2, -0.15) is 0 Å². The number of esters is 1. The van der Waals surface area contributed by atoms with Gasteiger partial charge in [0.25, 0.3) is 11.1 Å². The maximum Gasteiger partial charge on any atom is 0.314 e. The molecule has 0 spiro atoms. The molecule has 6 nitrogen and oxygen atoms in total. The number of benzene rings is 1. The molecule has 1 aromatic rings. The van der Waals surface area contributed by atoms with Crippen LogP contribution in [-0.2, 0) is 9.59 Å². The average Bonchev–Trinajstić information content (AvgIpc) is 2.94. The van der Waals surface area contributed by atoms with Crippen molar-refractivity contribution in [2.24, 2.45) is 5.92 Å².